The van der Waals surface area contributed by atoms with Gasteiger partial charge in [-0.3, -0.25) is 4.98 Å². The topological polar surface area (TPSA) is 34.1 Å². The van der Waals surface area contributed by atoms with Gasteiger partial charge in [-0.05, 0) is 29.3 Å². The first-order chi connectivity index (χ1) is 9.88. The first kappa shape index (κ1) is 15.0. The number of aromatic nitrogens is 1. The normalized spacial score (nSPS) is 10.7. The highest BCUT2D eigenvalue weighted by atomic mass is 32.2. The summed E-state index contributed by atoms with van der Waals surface area (Å²) in [5, 5.41) is 3.36. The summed E-state index contributed by atoms with van der Waals surface area (Å²) in [6.07, 6.45) is 3.73. The molecule has 0 bridgehead atoms. The third kappa shape index (κ3) is 5.33. The maximum atomic E-state index is 5.02. The molecule has 2 aromatic rings. The Morgan fingerprint density at radius 1 is 1.20 bits per heavy atom. The van der Waals surface area contributed by atoms with Crippen LogP contribution in [0.15, 0.2) is 53.7 Å². The van der Waals surface area contributed by atoms with Crippen molar-refractivity contribution in [3.8, 4) is 0 Å². The molecule has 1 aromatic carbocycles. The van der Waals surface area contributed by atoms with Gasteiger partial charge in [0.2, 0.25) is 0 Å². The molecule has 0 atom stereocenters. The van der Waals surface area contributed by atoms with Crippen LogP contribution in [0.4, 0.5) is 0 Å². The molecule has 0 saturated carbocycles. The fraction of sp³-hybridized carbons (Fsp3) is 0.312. The zero-order chi connectivity index (χ0) is 14.0. The van der Waals surface area contributed by atoms with Gasteiger partial charge in [0.15, 0.2) is 0 Å². The average Bonchev–Trinajstić information content (AvgIpc) is 2.51. The molecule has 0 radical (unpaired) electrons. The Balaban J connectivity index is 1.83. The Morgan fingerprint density at radius 2 is 2.10 bits per heavy atom. The fourth-order valence-corrected chi connectivity index (χ4v) is 2.72. The quantitative estimate of drug-likeness (QED) is 0.598. The van der Waals surface area contributed by atoms with Crippen molar-refractivity contribution < 1.29 is 4.74 Å². The third-order valence-electron chi connectivity index (χ3n) is 2.84. The van der Waals surface area contributed by atoms with Crippen LogP contribution in [-0.4, -0.2) is 25.2 Å². The van der Waals surface area contributed by atoms with Crippen LogP contribution in [0.1, 0.15) is 11.1 Å². The van der Waals surface area contributed by atoms with Gasteiger partial charge >= 0.3 is 0 Å². The minimum atomic E-state index is 0.745. The maximum absolute atomic E-state index is 5.02. The second kappa shape index (κ2) is 8.74. The van der Waals surface area contributed by atoms with Crippen LogP contribution in [0.5, 0.6) is 0 Å². The average molecular weight is 288 g/mol. The first-order valence-corrected chi connectivity index (χ1v) is 7.67. The maximum Gasteiger partial charge on any atom is 0.0587 e. The molecule has 0 amide bonds. The van der Waals surface area contributed by atoms with Gasteiger partial charge in [-0.25, -0.2) is 0 Å². The van der Waals surface area contributed by atoms with Gasteiger partial charge in [0, 0.05) is 43.2 Å². The van der Waals surface area contributed by atoms with Crippen molar-refractivity contribution in [1.29, 1.82) is 0 Å². The summed E-state index contributed by atoms with van der Waals surface area (Å²) in [5.41, 5.74) is 2.55. The molecule has 0 aliphatic carbocycles. The van der Waals surface area contributed by atoms with Gasteiger partial charge in [-0.2, -0.15) is 0 Å². The van der Waals surface area contributed by atoms with Crippen LogP contribution < -0.4 is 5.32 Å². The van der Waals surface area contributed by atoms with Crippen LogP contribution in [-0.2, 0) is 17.0 Å². The number of pyridine rings is 1. The highest BCUT2D eigenvalue weighted by Gasteiger charge is 1.98. The monoisotopic (exact) mass is 288 g/mol. The number of methoxy groups -OCH3 is 1. The van der Waals surface area contributed by atoms with Crippen molar-refractivity contribution in [2.75, 3.05) is 20.3 Å². The fourth-order valence-electron chi connectivity index (χ4n) is 1.80. The molecule has 4 heteroatoms. The van der Waals surface area contributed by atoms with E-state index < -0.39 is 0 Å². The lowest BCUT2D eigenvalue weighted by molar-refractivity contribution is 0.199. The third-order valence-corrected chi connectivity index (χ3v) is 3.90. The van der Waals surface area contributed by atoms with E-state index >= 15 is 0 Å². The molecular formula is C16H20N2OS. The molecular weight excluding hydrogens is 268 g/mol. The van der Waals surface area contributed by atoms with Crippen molar-refractivity contribution >= 4 is 11.8 Å². The van der Waals surface area contributed by atoms with Gasteiger partial charge in [0.05, 0.1) is 6.61 Å². The number of hydrogen-bond acceptors (Lipinski definition) is 4. The molecule has 0 saturated heterocycles. The van der Waals surface area contributed by atoms with Crippen LogP contribution >= 0.6 is 11.8 Å². The predicted octanol–water partition coefficient (Wildman–Crippen LogP) is 3.11. The number of nitrogens with one attached hydrogen (secondary N) is 1. The molecule has 0 fully saturated rings. The number of hydrogen-bond donors (Lipinski definition) is 1. The van der Waals surface area contributed by atoms with Crippen LogP contribution in [0.3, 0.4) is 0 Å². The largest absolute Gasteiger partial charge is 0.383 e. The van der Waals surface area contributed by atoms with E-state index in [1.807, 2.05) is 24.0 Å². The van der Waals surface area contributed by atoms with Crippen LogP contribution in [0, 0.1) is 0 Å². The molecule has 0 spiro atoms. The van der Waals surface area contributed by atoms with Crippen molar-refractivity contribution in [2.45, 2.75) is 17.2 Å². The van der Waals surface area contributed by atoms with Gasteiger partial charge < -0.3 is 10.1 Å². The summed E-state index contributed by atoms with van der Waals surface area (Å²) in [4.78, 5) is 5.43. The SMILES string of the molecule is COCCNCc1cccc(SCc2cccnc2)c1. The summed E-state index contributed by atoms with van der Waals surface area (Å²) in [5.74, 6) is 0.953. The number of benzene rings is 1. The summed E-state index contributed by atoms with van der Waals surface area (Å²) in [6.45, 7) is 2.50. The Bertz CT molecular complexity index is 505. The lowest BCUT2D eigenvalue weighted by Gasteiger charge is -2.07. The molecule has 1 aromatic heterocycles. The summed E-state index contributed by atoms with van der Waals surface area (Å²) < 4.78 is 5.02. The molecule has 0 unspecified atom stereocenters. The van der Waals surface area contributed by atoms with E-state index in [9.17, 15) is 0 Å². The van der Waals surface area contributed by atoms with Crippen molar-refractivity contribution in [2.24, 2.45) is 0 Å². The standard InChI is InChI=1S/C16H20N2OS/c1-19-9-8-18-11-14-4-2-6-16(10-14)20-13-15-5-3-7-17-12-15/h2-7,10,12,18H,8-9,11,13H2,1H3. The van der Waals surface area contributed by atoms with Crippen LogP contribution in [0.25, 0.3) is 0 Å². The van der Waals surface area contributed by atoms with Gasteiger partial charge in [-0.1, -0.05) is 18.2 Å². The van der Waals surface area contributed by atoms with Crippen molar-refractivity contribution in [3.63, 3.8) is 0 Å². The van der Waals surface area contributed by atoms with Gasteiger partial charge in [0.1, 0.15) is 0 Å². The summed E-state index contributed by atoms with van der Waals surface area (Å²) >= 11 is 1.84. The van der Waals surface area contributed by atoms with E-state index in [0.29, 0.717) is 0 Å². The molecule has 0 aliphatic heterocycles. The summed E-state index contributed by atoms with van der Waals surface area (Å²) in [7, 11) is 1.72. The predicted molar refractivity (Wildman–Crippen MR) is 83.8 cm³/mol. The minimum absolute atomic E-state index is 0.745. The van der Waals surface area contributed by atoms with E-state index in [2.05, 4.69) is 40.6 Å². The smallest absolute Gasteiger partial charge is 0.0587 e. The van der Waals surface area contributed by atoms with E-state index in [-0.39, 0.29) is 0 Å². The van der Waals surface area contributed by atoms with Crippen molar-refractivity contribution in [3.05, 3.63) is 59.9 Å². The molecule has 106 valence electrons. The Labute approximate surface area is 124 Å². The van der Waals surface area contributed by atoms with E-state index in [1.165, 1.54) is 16.0 Å². The van der Waals surface area contributed by atoms with Crippen molar-refractivity contribution in [1.82, 2.24) is 10.3 Å². The molecule has 3 nitrogen and oxygen atoms in total. The zero-order valence-corrected chi connectivity index (χ0v) is 12.5. The number of thioether (sulfide) groups is 1. The van der Waals surface area contributed by atoms with Gasteiger partial charge in [0.25, 0.3) is 0 Å². The molecule has 1 N–H and O–H groups in total. The zero-order valence-electron chi connectivity index (χ0n) is 11.7. The minimum Gasteiger partial charge on any atom is -0.383 e. The van der Waals surface area contributed by atoms with E-state index in [1.54, 1.807) is 13.3 Å². The second-order valence-electron chi connectivity index (χ2n) is 4.47. The van der Waals surface area contributed by atoms with Gasteiger partial charge in [-0.15, -0.1) is 11.8 Å². The van der Waals surface area contributed by atoms with E-state index in [0.717, 1.165) is 25.4 Å². The molecule has 1 heterocycles. The number of ether oxygens (including phenoxy) is 1. The summed E-state index contributed by atoms with van der Waals surface area (Å²) in [6, 6.07) is 12.7. The Kier molecular flexibility index (Phi) is 6.57. The Hall–Kier alpha value is -1.36. The number of rotatable bonds is 8. The number of nitrogens with zero attached hydrogens (tertiary/aromatic N) is 1. The highest BCUT2D eigenvalue weighted by Crippen LogP contribution is 2.23. The molecule has 2 rings (SSSR count). The Morgan fingerprint density at radius 3 is 2.90 bits per heavy atom. The lowest BCUT2D eigenvalue weighted by atomic mass is 10.2. The second-order valence-corrected chi connectivity index (χ2v) is 5.52. The highest BCUT2D eigenvalue weighted by molar-refractivity contribution is 7.98. The molecule has 20 heavy (non-hydrogen) atoms. The molecule has 0 aliphatic rings. The lowest BCUT2D eigenvalue weighted by Crippen LogP contribution is -2.18. The van der Waals surface area contributed by atoms with E-state index in [4.69, 9.17) is 4.74 Å². The van der Waals surface area contributed by atoms with Crippen LogP contribution in [0.2, 0.25) is 0 Å². The first-order valence-electron chi connectivity index (χ1n) is 6.69.